The van der Waals surface area contributed by atoms with E-state index in [-0.39, 0.29) is 6.23 Å². The molecule has 1 atom stereocenters. The summed E-state index contributed by atoms with van der Waals surface area (Å²) >= 11 is 0. The minimum absolute atomic E-state index is 0.0872. The van der Waals surface area contributed by atoms with Crippen LogP contribution in [-0.4, -0.2) is 14.2 Å². The first-order valence-electron chi connectivity index (χ1n) is 5.86. The Morgan fingerprint density at radius 3 is 2.06 bits per heavy atom. The van der Waals surface area contributed by atoms with Crippen molar-refractivity contribution in [2.24, 2.45) is 0 Å². The Morgan fingerprint density at radius 1 is 0.889 bits per heavy atom. The summed E-state index contributed by atoms with van der Waals surface area (Å²) in [7, 11) is 3.54. The van der Waals surface area contributed by atoms with E-state index in [9.17, 15) is 0 Å². The first-order valence-corrected chi connectivity index (χ1v) is 5.86. The Balaban J connectivity index is 2.08. The van der Waals surface area contributed by atoms with Crippen LogP contribution in [0, 0.1) is 0 Å². The van der Waals surface area contributed by atoms with Gasteiger partial charge < -0.3 is 9.47 Å². The lowest BCUT2D eigenvalue weighted by Gasteiger charge is -2.15. The largest absolute Gasteiger partial charge is 0.457 e. The second-order valence-corrected chi connectivity index (χ2v) is 3.89. The van der Waals surface area contributed by atoms with Crippen LogP contribution in [0.2, 0.25) is 0 Å². The van der Waals surface area contributed by atoms with Crippen molar-refractivity contribution in [3.05, 3.63) is 60.2 Å². The zero-order valence-electron chi connectivity index (χ0n) is 10.6. The second kappa shape index (κ2) is 6.19. The van der Waals surface area contributed by atoms with Gasteiger partial charge in [0.05, 0.1) is 0 Å². The van der Waals surface area contributed by atoms with Gasteiger partial charge in [0.15, 0.2) is 0 Å². The van der Waals surface area contributed by atoms with Crippen LogP contribution in [-0.2, 0) is 4.74 Å². The van der Waals surface area contributed by atoms with E-state index in [0.717, 1.165) is 17.1 Å². The van der Waals surface area contributed by atoms with Crippen molar-refractivity contribution in [2.45, 2.75) is 6.23 Å². The van der Waals surface area contributed by atoms with E-state index in [4.69, 9.17) is 9.47 Å². The summed E-state index contributed by atoms with van der Waals surface area (Å²) in [6.07, 6.45) is -0.0872. The van der Waals surface area contributed by atoms with Gasteiger partial charge in [-0.1, -0.05) is 30.3 Å². The van der Waals surface area contributed by atoms with Crippen LogP contribution in [0.15, 0.2) is 54.6 Å². The van der Waals surface area contributed by atoms with Gasteiger partial charge in [-0.2, -0.15) is 0 Å². The van der Waals surface area contributed by atoms with Crippen molar-refractivity contribution in [2.75, 3.05) is 14.2 Å². The topological polar surface area (TPSA) is 30.5 Å². The fourth-order valence-corrected chi connectivity index (χ4v) is 1.76. The Kier molecular flexibility index (Phi) is 4.34. The Bertz CT molecular complexity index is 464. The standard InChI is InChI=1S/C15H17NO2/c1-16-15(17-2)12-8-10-14(11-9-12)18-13-6-4-3-5-7-13/h3-11,15-16H,1-2H3. The SMILES string of the molecule is CNC(OC)c1ccc(Oc2ccccc2)cc1. The van der Waals surface area contributed by atoms with Crippen LogP contribution in [0.25, 0.3) is 0 Å². The molecule has 2 aromatic rings. The Labute approximate surface area is 107 Å². The summed E-state index contributed by atoms with van der Waals surface area (Å²) in [6.45, 7) is 0. The normalized spacial score (nSPS) is 12.1. The smallest absolute Gasteiger partial charge is 0.133 e. The maximum Gasteiger partial charge on any atom is 0.133 e. The molecule has 2 aromatic carbocycles. The number of hydrogen-bond acceptors (Lipinski definition) is 3. The summed E-state index contributed by atoms with van der Waals surface area (Å²) in [5.74, 6) is 1.65. The van der Waals surface area contributed by atoms with E-state index in [2.05, 4.69) is 5.32 Å². The zero-order valence-corrected chi connectivity index (χ0v) is 10.6. The number of ether oxygens (including phenoxy) is 2. The molecule has 94 valence electrons. The van der Waals surface area contributed by atoms with Crippen LogP contribution in [0.5, 0.6) is 11.5 Å². The third kappa shape index (κ3) is 3.09. The summed E-state index contributed by atoms with van der Waals surface area (Å²) in [5, 5.41) is 3.07. The number of rotatable bonds is 5. The highest BCUT2D eigenvalue weighted by atomic mass is 16.5. The van der Waals surface area contributed by atoms with Gasteiger partial charge in [0.25, 0.3) is 0 Å². The molecule has 0 bridgehead atoms. The number of benzene rings is 2. The molecule has 1 N–H and O–H groups in total. The predicted molar refractivity (Wildman–Crippen MR) is 71.8 cm³/mol. The first kappa shape index (κ1) is 12.6. The highest BCUT2D eigenvalue weighted by Gasteiger charge is 2.06. The third-order valence-electron chi connectivity index (χ3n) is 2.66. The number of hydrogen-bond donors (Lipinski definition) is 1. The number of para-hydroxylation sites is 1. The molecular formula is C15H17NO2. The van der Waals surface area contributed by atoms with Crippen molar-refractivity contribution in [3.8, 4) is 11.5 Å². The average Bonchev–Trinajstić information content (AvgIpc) is 2.43. The summed E-state index contributed by atoms with van der Waals surface area (Å²) in [4.78, 5) is 0. The maximum absolute atomic E-state index is 5.72. The fraction of sp³-hybridized carbons (Fsp3) is 0.200. The molecule has 0 saturated carbocycles. The molecule has 0 heterocycles. The fourth-order valence-electron chi connectivity index (χ4n) is 1.76. The van der Waals surface area contributed by atoms with Gasteiger partial charge in [-0.3, -0.25) is 5.32 Å². The first-order chi connectivity index (χ1) is 8.83. The molecule has 0 radical (unpaired) electrons. The molecule has 2 rings (SSSR count). The summed E-state index contributed by atoms with van der Waals surface area (Å²) < 4.78 is 11.0. The van der Waals surface area contributed by atoms with E-state index >= 15 is 0 Å². The lowest BCUT2D eigenvalue weighted by Crippen LogP contribution is -2.17. The molecule has 0 aliphatic carbocycles. The molecule has 0 saturated heterocycles. The van der Waals surface area contributed by atoms with E-state index in [1.165, 1.54) is 0 Å². The zero-order chi connectivity index (χ0) is 12.8. The van der Waals surface area contributed by atoms with Crippen LogP contribution in [0.1, 0.15) is 11.8 Å². The van der Waals surface area contributed by atoms with Gasteiger partial charge in [-0.05, 0) is 36.9 Å². The quantitative estimate of drug-likeness (QED) is 0.817. The van der Waals surface area contributed by atoms with E-state index in [1.807, 2.05) is 61.6 Å². The molecule has 3 nitrogen and oxygen atoms in total. The van der Waals surface area contributed by atoms with Crippen molar-refractivity contribution in [3.63, 3.8) is 0 Å². The van der Waals surface area contributed by atoms with Gasteiger partial charge in [0.2, 0.25) is 0 Å². The monoisotopic (exact) mass is 243 g/mol. The van der Waals surface area contributed by atoms with Crippen LogP contribution in [0.3, 0.4) is 0 Å². The number of nitrogens with one attached hydrogen (secondary N) is 1. The molecule has 0 aromatic heterocycles. The predicted octanol–water partition coefficient (Wildman–Crippen LogP) is 3.34. The lowest BCUT2D eigenvalue weighted by atomic mass is 10.2. The highest BCUT2D eigenvalue weighted by Crippen LogP contribution is 2.23. The van der Waals surface area contributed by atoms with Gasteiger partial charge in [-0.15, -0.1) is 0 Å². The minimum atomic E-state index is -0.0872. The van der Waals surface area contributed by atoms with Crippen LogP contribution < -0.4 is 10.1 Å². The molecule has 0 fully saturated rings. The Hall–Kier alpha value is -1.84. The third-order valence-corrected chi connectivity index (χ3v) is 2.66. The lowest BCUT2D eigenvalue weighted by molar-refractivity contribution is 0.0809. The van der Waals surface area contributed by atoms with E-state index in [0.29, 0.717) is 0 Å². The Morgan fingerprint density at radius 2 is 1.50 bits per heavy atom. The van der Waals surface area contributed by atoms with Gasteiger partial charge in [0.1, 0.15) is 17.7 Å². The van der Waals surface area contributed by atoms with Gasteiger partial charge in [0, 0.05) is 7.11 Å². The molecule has 18 heavy (non-hydrogen) atoms. The summed E-state index contributed by atoms with van der Waals surface area (Å²) in [5.41, 5.74) is 1.07. The van der Waals surface area contributed by atoms with E-state index < -0.39 is 0 Å². The second-order valence-electron chi connectivity index (χ2n) is 3.89. The summed E-state index contributed by atoms with van der Waals surface area (Å²) in [6, 6.07) is 17.6. The molecule has 0 spiro atoms. The molecule has 3 heteroatoms. The van der Waals surface area contributed by atoms with E-state index in [1.54, 1.807) is 7.11 Å². The molecular weight excluding hydrogens is 226 g/mol. The van der Waals surface area contributed by atoms with Crippen LogP contribution in [0.4, 0.5) is 0 Å². The van der Waals surface area contributed by atoms with Crippen molar-refractivity contribution >= 4 is 0 Å². The van der Waals surface area contributed by atoms with Crippen molar-refractivity contribution in [1.82, 2.24) is 5.32 Å². The molecule has 0 aliphatic rings. The highest BCUT2D eigenvalue weighted by molar-refractivity contribution is 5.33. The average molecular weight is 243 g/mol. The number of methoxy groups -OCH3 is 1. The van der Waals surface area contributed by atoms with Crippen LogP contribution >= 0.6 is 0 Å². The van der Waals surface area contributed by atoms with Gasteiger partial charge >= 0.3 is 0 Å². The van der Waals surface area contributed by atoms with Gasteiger partial charge in [-0.25, -0.2) is 0 Å². The van der Waals surface area contributed by atoms with Crippen molar-refractivity contribution < 1.29 is 9.47 Å². The molecule has 0 amide bonds. The molecule has 1 unspecified atom stereocenters. The van der Waals surface area contributed by atoms with Crippen molar-refractivity contribution in [1.29, 1.82) is 0 Å². The maximum atomic E-state index is 5.72. The molecule has 0 aliphatic heterocycles. The minimum Gasteiger partial charge on any atom is -0.457 e.